The molecule has 0 bridgehead atoms. The average molecular weight is 216 g/mol. The van der Waals surface area contributed by atoms with E-state index in [-0.39, 0.29) is 0 Å². The number of nitrogens with two attached hydrogens (primary N) is 3. The monoisotopic (exact) mass is 216 g/mol. The van der Waals surface area contributed by atoms with E-state index in [1.165, 1.54) is 6.07 Å². The summed E-state index contributed by atoms with van der Waals surface area (Å²) in [5.74, 6) is 0.987. The summed E-state index contributed by atoms with van der Waals surface area (Å²) < 4.78 is 0. The molecule has 1 heterocycles. The fourth-order valence-electron chi connectivity index (χ4n) is 1.29. The van der Waals surface area contributed by atoms with Gasteiger partial charge in [-0.25, -0.2) is 0 Å². The molecular formula is C10H12N6. The smallest absolute Gasteiger partial charge is 0.231 e. The van der Waals surface area contributed by atoms with Crippen molar-refractivity contribution in [2.45, 2.75) is 0 Å². The zero-order valence-electron chi connectivity index (χ0n) is 8.51. The van der Waals surface area contributed by atoms with Gasteiger partial charge in [0.25, 0.3) is 0 Å². The highest BCUT2D eigenvalue weighted by molar-refractivity contribution is 5.61. The second-order valence-corrected chi connectivity index (χ2v) is 3.29. The van der Waals surface area contributed by atoms with Crippen LogP contribution in [0.1, 0.15) is 0 Å². The van der Waals surface area contributed by atoms with Gasteiger partial charge in [-0.3, -0.25) is 0 Å². The van der Waals surface area contributed by atoms with Gasteiger partial charge in [0.1, 0.15) is 11.6 Å². The molecule has 16 heavy (non-hydrogen) atoms. The molecular weight excluding hydrogens is 204 g/mol. The third-order valence-corrected chi connectivity index (χ3v) is 1.91. The molecule has 0 saturated carbocycles. The van der Waals surface area contributed by atoms with Crippen LogP contribution >= 0.6 is 0 Å². The van der Waals surface area contributed by atoms with Crippen molar-refractivity contribution < 1.29 is 0 Å². The Morgan fingerprint density at radius 2 is 1.62 bits per heavy atom. The molecule has 0 fully saturated rings. The van der Waals surface area contributed by atoms with Gasteiger partial charge in [0.2, 0.25) is 5.95 Å². The summed E-state index contributed by atoms with van der Waals surface area (Å²) in [5.41, 5.74) is 18.2. The van der Waals surface area contributed by atoms with Crippen molar-refractivity contribution in [3.63, 3.8) is 0 Å². The van der Waals surface area contributed by atoms with Crippen molar-refractivity contribution >= 4 is 29.0 Å². The minimum atomic E-state index is 0.318. The van der Waals surface area contributed by atoms with Crippen LogP contribution in [-0.4, -0.2) is 9.97 Å². The number of nitrogens with one attached hydrogen (secondary N) is 1. The molecule has 1 aromatic heterocycles. The van der Waals surface area contributed by atoms with Crippen LogP contribution in [-0.2, 0) is 0 Å². The van der Waals surface area contributed by atoms with Gasteiger partial charge < -0.3 is 22.5 Å². The molecule has 0 amide bonds. The topological polar surface area (TPSA) is 116 Å². The second-order valence-electron chi connectivity index (χ2n) is 3.29. The van der Waals surface area contributed by atoms with Crippen LogP contribution in [0.25, 0.3) is 0 Å². The Balaban J connectivity index is 2.27. The van der Waals surface area contributed by atoms with E-state index < -0.39 is 0 Å². The summed E-state index contributed by atoms with van der Waals surface area (Å²) in [4.78, 5) is 7.99. The van der Waals surface area contributed by atoms with Crippen LogP contribution in [0.2, 0.25) is 0 Å². The first-order valence-corrected chi connectivity index (χ1v) is 4.66. The highest BCUT2D eigenvalue weighted by atomic mass is 15.1. The molecule has 2 rings (SSSR count). The fraction of sp³-hybridized carbons (Fsp3) is 0. The predicted octanol–water partition coefficient (Wildman–Crippen LogP) is 0.967. The summed E-state index contributed by atoms with van der Waals surface area (Å²) in [5, 5.41) is 2.96. The van der Waals surface area contributed by atoms with Crippen molar-refractivity contribution in [2.24, 2.45) is 0 Å². The van der Waals surface area contributed by atoms with Crippen LogP contribution in [0.15, 0.2) is 30.3 Å². The van der Waals surface area contributed by atoms with Crippen molar-refractivity contribution in [2.75, 3.05) is 22.5 Å². The Kier molecular flexibility index (Phi) is 2.47. The van der Waals surface area contributed by atoms with Gasteiger partial charge in [-0.15, -0.1) is 0 Å². The molecule has 0 aliphatic rings. The largest absolute Gasteiger partial charge is 0.399 e. The summed E-state index contributed by atoms with van der Waals surface area (Å²) >= 11 is 0. The summed E-state index contributed by atoms with van der Waals surface area (Å²) in [6.45, 7) is 0. The van der Waals surface area contributed by atoms with Crippen LogP contribution in [0, 0.1) is 0 Å². The third kappa shape index (κ3) is 2.30. The molecule has 0 saturated heterocycles. The molecule has 0 spiro atoms. The van der Waals surface area contributed by atoms with E-state index in [2.05, 4.69) is 15.3 Å². The van der Waals surface area contributed by atoms with Crippen molar-refractivity contribution in [3.8, 4) is 0 Å². The van der Waals surface area contributed by atoms with E-state index in [4.69, 9.17) is 17.2 Å². The maximum Gasteiger partial charge on any atom is 0.231 e. The number of hydrogen-bond donors (Lipinski definition) is 4. The number of aromatic nitrogens is 2. The van der Waals surface area contributed by atoms with Crippen molar-refractivity contribution in [1.82, 2.24) is 9.97 Å². The maximum atomic E-state index is 5.64. The number of nitrogen functional groups attached to an aromatic ring is 3. The van der Waals surface area contributed by atoms with Crippen LogP contribution in [0.4, 0.5) is 29.0 Å². The molecule has 0 aliphatic heterocycles. The zero-order valence-corrected chi connectivity index (χ0v) is 8.51. The second kappa shape index (κ2) is 3.93. The van der Waals surface area contributed by atoms with E-state index in [1.807, 2.05) is 12.1 Å². The third-order valence-electron chi connectivity index (χ3n) is 1.91. The Labute approximate surface area is 92.5 Å². The van der Waals surface area contributed by atoms with E-state index in [1.54, 1.807) is 12.1 Å². The summed E-state index contributed by atoms with van der Waals surface area (Å²) in [6, 6.07) is 8.72. The van der Waals surface area contributed by atoms with Gasteiger partial charge >= 0.3 is 0 Å². The standard InChI is InChI=1S/C10H12N6/c11-6-2-1-3-7(4-6)14-10-15-8(12)5-9(13)16-10/h1-5H,11H2,(H5,12,13,14,15,16). The Morgan fingerprint density at radius 1 is 0.938 bits per heavy atom. The van der Waals surface area contributed by atoms with E-state index in [0.29, 0.717) is 23.3 Å². The van der Waals surface area contributed by atoms with Gasteiger partial charge in [-0.05, 0) is 18.2 Å². The predicted molar refractivity (Wildman–Crippen MR) is 65.0 cm³/mol. The highest BCUT2D eigenvalue weighted by Gasteiger charge is 2.00. The lowest BCUT2D eigenvalue weighted by Crippen LogP contribution is -2.03. The quantitative estimate of drug-likeness (QED) is 0.556. The fourth-order valence-corrected chi connectivity index (χ4v) is 1.29. The van der Waals surface area contributed by atoms with Gasteiger partial charge in [-0.1, -0.05) is 6.07 Å². The number of anilines is 5. The van der Waals surface area contributed by atoms with Gasteiger partial charge in [0.05, 0.1) is 0 Å². The first-order chi connectivity index (χ1) is 7.63. The average Bonchev–Trinajstić information content (AvgIpc) is 2.15. The molecule has 0 unspecified atom stereocenters. The Morgan fingerprint density at radius 3 is 2.25 bits per heavy atom. The highest BCUT2D eigenvalue weighted by Crippen LogP contribution is 2.17. The minimum absolute atomic E-state index is 0.318. The maximum absolute atomic E-state index is 5.64. The lowest BCUT2D eigenvalue weighted by atomic mass is 10.3. The zero-order chi connectivity index (χ0) is 11.5. The number of nitrogens with zero attached hydrogens (tertiary/aromatic N) is 2. The molecule has 0 aliphatic carbocycles. The van der Waals surface area contributed by atoms with E-state index >= 15 is 0 Å². The van der Waals surface area contributed by atoms with Crippen molar-refractivity contribution in [1.29, 1.82) is 0 Å². The molecule has 6 nitrogen and oxygen atoms in total. The summed E-state index contributed by atoms with van der Waals surface area (Å²) in [6.07, 6.45) is 0. The number of benzene rings is 1. The molecule has 6 heteroatoms. The van der Waals surface area contributed by atoms with Crippen molar-refractivity contribution in [3.05, 3.63) is 30.3 Å². The first kappa shape index (κ1) is 10.0. The number of hydrogen-bond acceptors (Lipinski definition) is 6. The van der Waals surface area contributed by atoms with Gasteiger partial charge in [-0.2, -0.15) is 9.97 Å². The minimum Gasteiger partial charge on any atom is -0.399 e. The molecule has 0 atom stereocenters. The Hall–Kier alpha value is -2.50. The SMILES string of the molecule is Nc1cccc(Nc2nc(N)cc(N)n2)c1. The van der Waals surface area contributed by atoms with Crippen LogP contribution < -0.4 is 22.5 Å². The summed E-state index contributed by atoms with van der Waals surface area (Å²) in [7, 11) is 0. The molecule has 7 N–H and O–H groups in total. The lowest BCUT2D eigenvalue weighted by Gasteiger charge is -2.06. The molecule has 2 aromatic rings. The lowest BCUT2D eigenvalue weighted by molar-refractivity contribution is 1.18. The Bertz CT molecular complexity index is 490. The van der Waals surface area contributed by atoms with E-state index in [0.717, 1.165) is 5.69 Å². The van der Waals surface area contributed by atoms with E-state index in [9.17, 15) is 0 Å². The van der Waals surface area contributed by atoms with Gasteiger partial charge in [0.15, 0.2) is 0 Å². The normalized spacial score (nSPS) is 10.0. The van der Waals surface area contributed by atoms with Crippen LogP contribution in [0.5, 0.6) is 0 Å². The molecule has 1 aromatic carbocycles. The number of rotatable bonds is 2. The first-order valence-electron chi connectivity index (χ1n) is 4.66. The molecule has 0 radical (unpaired) electrons. The van der Waals surface area contributed by atoms with Gasteiger partial charge in [0, 0.05) is 17.4 Å². The van der Waals surface area contributed by atoms with Crippen LogP contribution in [0.3, 0.4) is 0 Å². The molecule has 82 valence electrons.